The van der Waals surface area contributed by atoms with Crippen molar-refractivity contribution in [1.82, 2.24) is 0 Å². The van der Waals surface area contributed by atoms with Gasteiger partial charge in [0.25, 0.3) is 10.1 Å². The van der Waals surface area contributed by atoms with Crippen LogP contribution in [0, 0.1) is 12.8 Å². The molecule has 0 radical (unpaired) electrons. The molecule has 2 aromatic carbocycles. The molecule has 0 amide bonds. The molecule has 1 aliphatic carbocycles. The number of ether oxygens (including phenoxy) is 3. The minimum absolute atomic E-state index is 0.00196. The van der Waals surface area contributed by atoms with Crippen LogP contribution in [0.4, 0.5) is 0 Å². The monoisotopic (exact) mass is 448 g/mol. The molecule has 1 saturated carbocycles. The van der Waals surface area contributed by atoms with Gasteiger partial charge in [-0.05, 0) is 56.0 Å². The molecule has 0 aliphatic heterocycles. The smallest absolute Gasteiger partial charge is 0.296 e. The molecule has 0 N–H and O–H groups in total. The van der Waals surface area contributed by atoms with Crippen LogP contribution in [0.1, 0.15) is 36.8 Å². The van der Waals surface area contributed by atoms with Crippen LogP contribution >= 0.6 is 0 Å². The molecule has 0 bridgehead atoms. The van der Waals surface area contributed by atoms with Gasteiger partial charge in [0.1, 0.15) is 0 Å². The SMILES string of the molecule is COc1ccc(CCO[C@@H]2CCCC[C@@H]2COS(=O)(=O)c2ccc(C)cc2)cc1OC. The van der Waals surface area contributed by atoms with Gasteiger partial charge >= 0.3 is 0 Å². The molecule has 0 spiro atoms. The lowest BCUT2D eigenvalue weighted by atomic mass is 9.87. The molecule has 1 aliphatic rings. The third kappa shape index (κ3) is 6.45. The van der Waals surface area contributed by atoms with Crippen molar-refractivity contribution in [2.45, 2.75) is 50.0 Å². The van der Waals surface area contributed by atoms with E-state index in [0.717, 1.165) is 43.2 Å². The second-order valence-corrected chi connectivity index (χ2v) is 9.56. The summed E-state index contributed by atoms with van der Waals surface area (Å²) in [4.78, 5) is 0.194. The van der Waals surface area contributed by atoms with Crippen LogP contribution in [0.5, 0.6) is 11.5 Å². The summed E-state index contributed by atoms with van der Waals surface area (Å²) >= 11 is 0. The van der Waals surface area contributed by atoms with E-state index in [4.69, 9.17) is 18.4 Å². The van der Waals surface area contributed by atoms with Gasteiger partial charge in [-0.3, -0.25) is 4.18 Å². The van der Waals surface area contributed by atoms with Gasteiger partial charge in [-0.25, -0.2) is 0 Å². The van der Waals surface area contributed by atoms with Gasteiger partial charge in [0.05, 0.1) is 38.4 Å². The summed E-state index contributed by atoms with van der Waals surface area (Å²) in [7, 11) is -0.522. The summed E-state index contributed by atoms with van der Waals surface area (Å²) < 4.78 is 47.3. The molecular weight excluding hydrogens is 416 g/mol. The quantitative estimate of drug-likeness (QED) is 0.497. The van der Waals surface area contributed by atoms with Crippen LogP contribution in [0.2, 0.25) is 0 Å². The maximum atomic E-state index is 12.5. The van der Waals surface area contributed by atoms with Gasteiger partial charge in [0.15, 0.2) is 11.5 Å². The summed E-state index contributed by atoms with van der Waals surface area (Å²) in [5.41, 5.74) is 2.11. The van der Waals surface area contributed by atoms with Crippen molar-refractivity contribution >= 4 is 10.1 Å². The first-order valence-electron chi connectivity index (χ1n) is 10.7. The summed E-state index contributed by atoms with van der Waals surface area (Å²) in [6, 6.07) is 12.6. The zero-order valence-corrected chi connectivity index (χ0v) is 19.3. The Bertz CT molecular complexity index is 939. The first-order valence-corrected chi connectivity index (χ1v) is 12.1. The van der Waals surface area contributed by atoms with Gasteiger partial charge in [-0.15, -0.1) is 0 Å². The standard InChI is InChI=1S/C24H32O6S/c1-18-8-11-21(12-9-18)31(25,26)30-17-20-6-4-5-7-22(20)29-15-14-19-10-13-23(27-2)24(16-19)28-3/h8-13,16,20,22H,4-7,14-15,17H2,1-3H3/t20-,22-/m1/s1. The number of benzene rings is 2. The lowest BCUT2D eigenvalue weighted by Gasteiger charge is -2.31. The van der Waals surface area contributed by atoms with E-state index >= 15 is 0 Å². The first kappa shape index (κ1) is 23.6. The van der Waals surface area contributed by atoms with E-state index in [2.05, 4.69) is 0 Å². The van der Waals surface area contributed by atoms with E-state index in [-0.39, 0.29) is 23.5 Å². The molecule has 6 nitrogen and oxygen atoms in total. The van der Waals surface area contributed by atoms with Gasteiger partial charge in [0.2, 0.25) is 0 Å². The Morgan fingerprint density at radius 2 is 1.65 bits per heavy atom. The number of hydrogen-bond donors (Lipinski definition) is 0. The maximum absolute atomic E-state index is 12.5. The van der Waals surface area contributed by atoms with Crippen LogP contribution in [0.15, 0.2) is 47.4 Å². The van der Waals surface area contributed by atoms with Crippen molar-refractivity contribution in [2.75, 3.05) is 27.4 Å². The lowest BCUT2D eigenvalue weighted by molar-refractivity contribution is -0.0227. The Morgan fingerprint density at radius 1 is 0.935 bits per heavy atom. The maximum Gasteiger partial charge on any atom is 0.296 e. The van der Waals surface area contributed by atoms with Gasteiger partial charge in [0, 0.05) is 5.92 Å². The molecule has 0 aromatic heterocycles. The Kier molecular flexibility index (Phi) is 8.35. The number of aryl methyl sites for hydroxylation is 1. The third-order valence-corrected chi connectivity index (χ3v) is 7.05. The van der Waals surface area contributed by atoms with E-state index in [1.807, 2.05) is 25.1 Å². The minimum Gasteiger partial charge on any atom is -0.493 e. The third-order valence-electron chi connectivity index (χ3n) is 5.76. The lowest BCUT2D eigenvalue weighted by Crippen LogP contribution is -2.32. The van der Waals surface area contributed by atoms with E-state index in [1.54, 1.807) is 38.5 Å². The second kappa shape index (κ2) is 11.0. The molecule has 0 heterocycles. The fourth-order valence-corrected chi connectivity index (χ4v) is 4.86. The van der Waals surface area contributed by atoms with E-state index in [0.29, 0.717) is 18.1 Å². The van der Waals surface area contributed by atoms with E-state index in [9.17, 15) is 8.42 Å². The Labute approximate surface area is 185 Å². The highest BCUT2D eigenvalue weighted by Gasteiger charge is 2.28. The van der Waals surface area contributed by atoms with Crippen molar-refractivity contribution in [3.63, 3.8) is 0 Å². The number of methoxy groups -OCH3 is 2. The van der Waals surface area contributed by atoms with Crippen molar-refractivity contribution < 1.29 is 26.8 Å². The van der Waals surface area contributed by atoms with Crippen LogP contribution < -0.4 is 9.47 Å². The fraction of sp³-hybridized carbons (Fsp3) is 0.500. The van der Waals surface area contributed by atoms with Crippen LogP contribution in [0.25, 0.3) is 0 Å². The number of rotatable bonds is 10. The van der Waals surface area contributed by atoms with Crippen molar-refractivity contribution in [1.29, 1.82) is 0 Å². The largest absolute Gasteiger partial charge is 0.493 e. The topological polar surface area (TPSA) is 71.1 Å². The summed E-state index contributed by atoms with van der Waals surface area (Å²) in [5.74, 6) is 1.47. The molecule has 0 saturated heterocycles. The average Bonchev–Trinajstić information content (AvgIpc) is 2.78. The summed E-state index contributed by atoms with van der Waals surface area (Å²) in [6.45, 7) is 2.63. The van der Waals surface area contributed by atoms with Crippen LogP contribution in [0.3, 0.4) is 0 Å². The number of hydrogen-bond acceptors (Lipinski definition) is 6. The van der Waals surface area contributed by atoms with E-state index in [1.165, 1.54) is 0 Å². The molecule has 0 unspecified atom stereocenters. The zero-order chi connectivity index (χ0) is 22.3. The van der Waals surface area contributed by atoms with Crippen molar-refractivity contribution in [2.24, 2.45) is 5.92 Å². The highest BCUT2D eigenvalue weighted by atomic mass is 32.2. The highest BCUT2D eigenvalue weighted by molar-refractivity contribution is 7.86. The Morgan fingerprint density at radius 3 is 2.35 bits per heavy atom. The van der Waals surface area contributed by atoms with Crippen molar-refractivity contribution in [3.05, 3.63) is 53.6 Å². The normalized spacial score (nSPS) is 19.2. The van der Waals surface area contributed by atoms with E-state index < -0.39 is 10.1 Å². The molecular formula is C24H32O6S. The summed E-state index contributed by atoms with van der Waals surface area (Å²) in [5, 5.41) is 0. The predicted molar refractivity (Wildman–Crippen MR) is 119 cm³/mol. The van der Waals surface area contributed by atoms with Crippen LogP contribution in [-0.4, -0.2) is 42.0 Å². The Hall–Kier alpha value is -2.09. The van der Waals surface area contributed by atoms with Gasteiger partial charge < -0.3 is 14.2 Å². The van der Waals surface area contributed by atoms with Crippen LogP contribution in [-0.2, 0) is 25.5 Å². The predicted octanol–water partition coefficient (Wildman–Crippen LogP) is 4.54. The molecule has 2 aromatic rings. The molecule has 170 valence electrons. The fourth-order valence-electron chi connectivity index (χ4n) is 3.90. The molecule has 7 heteroatoms. The minimum atomic E-state index is -3.76. The zero-order valence-electron chi connectivity index (χ0n) is 18.5. The molecule has 3 rings (SSSR count). The molecule has 2 atom stereocenters. The van der Waals surface area contributed by atoms with Gasteiger partial charge in [-0.2, -0.15) is 8.42 Å². The average molecular weight is 449 g/mol. The van der Waals surface area contributed by atoms with Gasteiger partial charge in [-0.1, -0.05) is 36.6 Å². The first-order chi connectivity index (χ1) is 14.9. The summed E-state index contributed by atoms with van der Waals surface area (Å²) in [6.07, 6.45) is 4.72. The molecule has 1 fully saturated rings. The highest BCUT2D eigenvalue weighted by Crippen LogP contribution is 2.30. The second-order valence-electron chi connectivity index (χ2n) is 7.94. The Balaban J connectivity index is 1.54. The van der Waals surface area contributed by atoms with Crippen molar-refractivity contribution in [3.8, 4) is 11.5 Å². The molecule has 31 heavy (non-hydrogen) atoms.